The first-order valence-corrected chi connectivity index (χ1v) is 10.2. The van der Waals surface area contributed by atoms with E-state index in [0.29, 0.717) is 24.9 Å². The van der Waals surface area contributed by atoms with Crippen LogP contribution in [0, 0.1) is 11.3 Å². The van der Waals surface area contributed by atoms with Crippen LogP contribution in [0.15, 0.2) is 0 Å². The van der Waals surface area contributed by atoms with E-state index in [1.165, 1.54) is 17.2 Å². The third-order valence-corrected chi connectivity index (χ3v) is 6.68. The van der Waals surface area contributed by atoms with Crippen molar-refractivity contribution in [3.05, 3.63) is 0 Å². The van der Waals surface area contributed by atoms with Gasteiger partial charge in [0.15, 0.2) is 0 Å². The summed E-state index contributed by atoms with van der Waals surface area (Å²) in [6.07, 6.45) is 4.67. The van der Waals surface area contributed by atoms with Crippen LogP contribution in [0.2, 0.25) is 0 Å². The van der Waals surface area contributed by atoms with E-state index in [-0.39, 0.29) is 22.7 Å². The maximum atomic E-state index is 12.9. The number of rotatable bonds is 7. The van der Waals surface area contributed by atoms with E-state index in [0.717, 1.165) is 19.3 Å². The highest BCUT2D eigenvalue weighted by Gasteiger charge is 2.39. The van der Waals surface area contributed by atoms with Crippen molar-refractivity contribution in [3.8, 4) is 0 Å². The van der Waals surface area contributed by atoms with Gasteiger partial charge in [-0.05, 0) is 38.5 Å². The van der Waals surface area contributed by atoms with Crippen LogP contribution in [0.5, 0.6) is 0 Å². The molecule has 1 rings (SSSR count). The molecule has 2 atom stereocenters. The van der Waals surface area contributed by atoms with Crippen LogP contribution in [-0.4, -0.2) is 39.9 Å². The van der Waals surface area contributed by atoms with Crippen LogP contribution >= 0.6 is 22.5 Å². The molecule has 1 fully saturated rings. The van der Waals surface area contributed by atoms with Gasteiger partial charge < -0.3 is 10.0 Å². The molecule has 1 aliphatic heterocycles. The number of hydrogen-bond donors (Lipinski definition) is 2. The lowest BCUT2D eigenvalue weighted by Gasteiger charge is -2.34. The normalized spacial score (nSPS) is 21.2. The lowest BCUT2D eigenvalue weighted by Crippen LogP contribution is -2.43. The number of aliphatic hydroxyl groups is 1. The molecule has 0 saturated carbocycles. The fourth-order valence-corrected chi connectivity index (χ4v) is 3.73. The van der Waals surface area contributed by atoms with Crippen molar-refractivity contribution in [2.75, 3.05) is 13.1 Å². The Kier molecular flexibility index (Phi) is 7.61. The SMILES string of the molecule is CC(C)(C)CCCCC(C(=O)N1CCC(O)C1)C(C)(C)SS. The standard InChI is InChI=1S/C17H33NO2S2/c1-16(2,3)10-7-6-8-14(17(4,5)22-21)15(20)18-11-9-13(19)12-18/h13-14,19,21H,6-12H2,1-5H3. The molecule has 0 spiro atoms. The molecule has 22 heavy (non-hydrogen) atoms. The molecular weight excluding hydrogens is 314 g/mol. The largest absolute Gasteiger partial charge is 0.391 e. The van der Waals surface area contributed by atoms with Crippen molar-refractivity contribution in [3.63, 3.8) is 0 Å². The Bertz CT molecular complexity index is 366. The molecule has 1 N–H and O–H groups in total. The van der Waals surface area contributed by atoms with E-state index < -0.39 is 0 Å². The zero-order valence-electron chi connectivity index (χ0n) is 14.8. The van der Waals surface area contributed by atoms with E-state index in [2.05, 4.69) is 46.3 Å². The first kappa shape index (κ1) is 20.2. The van der Waals surface area contributed by atoms with Crippen molar-refractivity contribution < 1.29 is 9.90 Å². The van der Waals surface area contributed by atoms with Gasteiger partial charge in [0.25, 0.3) is 0 Å². The predicted molar refractivity (Wildman–Crippen MR) is 99.3 cm³/mol. The second kappa shape index (κ2) is 8.29. The van der Waals surface area contributed by atoms with Crippen LogP contribution in [0.4, 0.5) is 0 Å². The molecule has 130 valence electrons. The fraction of sp³-hybridized carbons (Fsp3) is 0.941. The minimum Gasteiger partial charge on any atom is -0.391 e. The van der Waals surface area contributed by atoms with E-state index in [9.17, 15) is 9.90 Å². The average Bonchev–Trinajstić information content (AvgIpc) is 2.83. The number of carbonyl (C=O) groups is 1. The molecule has 0 aromatic heterocycles. The third-order valence-electron chi connectivity index (χ3n) is 4.52. The van der Waals surface area contributed by atoms with Crippen molar-refractivity contribution in [1.29, 1.82) is 0 Å². The highest BCUT2D eigenvalue weighted by Crippen LogP contribution is 2.39. The summed E-state index contributed by atoms with van der Waals surface area (Å²) in [7, 11) is 1.47. The molecule has 3 nitrogen and oxygen atoms in total. The molecule has 0 bridgehead atoms. The van der Waals surface area contributed by atoms with E-state index in [4.69, 9.17) is 0 Å². The van der Waals surface area contributed by atoms with Gasteiger partial charge >= 0.3 is 0 Å². The Hall–Kier alpha value is 0.130. The third kappa shape index (κ3) is 6.32. The second-order valence-corrected chi connectivity index (χ2v) is 10.1. The predicted octanol–water partition coefficient (Wildman–Crippen LogP) is 4.16. The minimum atomic E-state index is -0.350. The summed E-state index contributed by atoms with van der Waals surface area (Å²) in [5, 5.41) is 9.68. The first-order valence-electron chi connectivity index (χ1n) is 8.36. The molecule has 0 aromatic rings. The van der Waals surface area contributed by atoms with Gasteiger partial charge in [-0.2, -0.15) is 0 Å². The monoisotopic (exact) mass is 347 g/mol. The maximum Gasteiger partial charge on any atom is 0.227 e. The van der Waals surface area contributed by atoms with Crippen molar-refractivity contribution in [2.45, 2.75) is 77.6 Å². The number of hydrogen-bond acceptors (Lipinski definition) is 4. The lowest BCUT2D eigenvalue weighted by atomic mass is 9.85. The molecule has 1 saturated heterocycles. The average molecular weight is 348 g/mol. The maximum absolute atomic E-state index is 12.9. The number of carbonyl (C=O) groups excluding carboxylic acids is 1. The van der Waals surface area contributed by atoms with Crippen LogP contribution in [0.3, 0.4) is 0 Å². The number of likely N-dealkylation sites (tertiary alicyclic amines) is 1. The number of β-amino-alcohol motifs (C(OH)–C–C–N with tert-alkyl or cyclic N) is 1. The highest BCUT2D eigenvalue weighted by molar-refractivity contribution is 8.69. The van der Waals surface area contributed by atoms with Gasteiger partial charge in [-0.3, -0.25) is 4.79 Å². The molecule has 0 radical (unpaired) electrons. The number of nitrogens with zero attached hydrogens (tertiary/aromatic N) is 1. The quantitative estimate of drug-likeness (QED) is 0.413. The smallest absolute Gasteiger partial charge is 0.227 e. The van der Waals surface area contributed by atoms with Crippen molar-refractivity contribution >= 4 is 28.4 Å². The Labute approximate surface area is 145 Å². The number of aliphatic hydroxyl groups excluding tert-OH is 1. The van der Waals surface area contributed by atoms with Gasteiger partial charge in [-0.1, -0.05) is 44.4 Å². The molecule has 1 aliphatic rings. The Morgan fingerprint density at radius 3 is 2.41 bits per heavy atom. The molecule has 5 heteroatoms. The van der Waals surface area contributed by atoms with Gasteiger partial charge in [0, 0.05) is 17.8 Å². The minimum absolute atomic E-state index is 0.0275. The second-order valence-electron chi connectivity index (χ2n) is 8.28. The van der Waals surface area contributed by atoms with E-state index in [1.54, 1.807) is 0 Å². The molecular formula is C17H33NO2S2. The Morgan fingerprint density at radius 1 is 1.32 bits per heavy atom. The summed E-state index contributed by atoms with van der Waals surface area (Å²) in [6, 6.07) is 0. The van der Waals surface area contributed by atoms with Gasteiger partial charge in [-0.15, -0.1) is 11.7 Å². The molecule has 0 aliphatic carbocycles. The molecule has 1 amide bonds. The van der Waals surface area contributed by atoms with Gasteiger partial charge in [0.1, 0.15) is 0 Å². The number of amides is 1. The number of thiol groups is 1. The fourth-order valence-electron chi connectivity index (χ4n) is 3.00. The van der Waals surface area contributed by atoms with Gasteiger partial charge in [0.2, 0.25) is 5.91 Å². The summed E-state index contributed by atoms with van der Waals surface area (Å²) in [5.41, 5.74) is 0.354. The van der Waals surface area contributed by atoms with Crippen LogP contribution in [-0.2, 0) is 4.79 Å². The Balaban J connectivity index is 2.62. The van der Waals surface area contributed by atoms with Crippen LogP contribution in [0.1, 0.15) is 66.7 Å². The van der Waals surface area contributed by atoms with E-state index in [1.807, 2.05) is 4.90 Å². The molecule has 1 heterocycles. The summed E-state index contributed by atoms with van der Waals surface area (Å²) in [5.74, 6) is 0.166. The molecule has 2 unspecified atom stereocenters. The summed E-state index contributed by atoms with van der Waals surface area (Å²) >= 11 is 4.38. The zero-order valence-corrected chi connectivity index (χ0v) is 16.5. The summed E-state index contributed by atoms with van der Waals surface area (Å²) in [6.45, 7) is 12.2. The summed E-state index contributed by atoms with van der Waals surface area (Å²) < 4.78 is -0.185. The van der Waals surface area contributed by atoms with Crippen molar-refractivity contribution in [1.82, 2.24) is 4.90 Å². The van der Waals surface area contributed by atoms with Gasteiger partial charge in [-0.25, -0.2) is 0 Å². The molecule has 0 aromatic carbocycles. The van der Waals surface area contributed by atoms with Gasteiger partial charge in [0.05, 0.1) is 12.0 Å². The number of unbranched alkanes of at least 4 members (excludes halogenated alkanes) is 1. The lowest BCUT2D eigenvalue weighted by molar-refractivity contribution is -0.136. The van der Waals surface area contributed by atoms with Crippen molar-refractivity contribution in [2.24, 2.45) is 11.3 Å². The summed E-state index contributed by atoms with van der Waals surface area (Å²) in [4.78, 5) is 14.7. The Morgan fingerprint density at radius 2 is 1.95 bits per heavy atom. The topological polar surface area (TPSA) is 40.5 Å². The van der Waals surface area contributed by atoms with Crippen LogP contribution < -0.4 is 0 Å². The van der Waals surface area contributed by atoms with E-state index >= 15 is 0 Å². The zero-order chi connectivity index (χ0) is 17.0. The van der Waals surface area contributed by atoms with Crippen LogP contribution in [0.25, 0.3) is 0 Å². The highest BCUT2D eigenvalue weighted by atomic mass is 33.1. The first-order chi connectivity index (χ1) is 10.1.